The Morgan fingerprint density at radius 1 is 1.18 bits per heavy atom. The first-order valence-corrected chi connectivity index (χ1v) is 8.23. The first kappa shape index (κ1) is 15.0. The van der Waals surface area contributed by atoms with Crippen LogP contribution < -0.4 is 4.80 Å². The molecule has 116 valence electrons. The van der Waals surface area contributed by atoms with Crippen LogP contribution in [0.3, 0.4) is 0 Å². The van der Waals surface area contributed by atoms with E-state index >= 15 is 0 Å². The highest BCUT2D eigenvalue weighted by Gasteiger charge is 2.15. The van der Waals surface area contributed by atoms with Gasteiger partial charge >= 0.3 is 0 Å². The summed E-state index contributed by atoms with van der Waals surface area (Å²) in [4.78, 5) is 12.6. The lowest BCUT2D eigenvalue weighted by atomic mass is 10.2. The van der Waals surface area contributed by atoms with Crippen LogP contribution in [0.15, 0.2) is 45.8 Å². The number of rotatable bonds is 1. The lowest BCUT2D eigenvalue weighted by Crippen LogP contribution is -2.40. The summed E-state index contributed by atoms with van der Waals surface area (Å²) in [7, 11) is 2.00. The molecule has 0 radical (unpaired) electrons. The third kappa shape index (κ3) is 3.64. The number of nitrogens with zero attached hydrogens (tertiary/aromatic N) is 4. The lowest BCUT2D eigenvalue weighted by Gasteiger charge is -2.27. The average molecular weight is 316 g/mol. The molecule has 2 heterocycles. The van der Waals surface area contributed by atoms with E-state index in [2.05, 4.69) is 24.0 Å². The summed E-state index contributed by atoms with van der Waals surface area (Å²) in [6.07, 6.45) is 2.01. The minimum atomic E-state index is 0.721. The number of benzene rings is 1. The summed E-state index contributed by atoms with van der Waals surface area (Å²) >= 11 is 1.61. The van der Waals surface area contributed by atoms with Crippen molar-refractivity contribution in [2.75, 3.05) is 26.3 Å². The number of aryl methyl sites for hydroxylation is 2. The molecule has 1 aliphatic rings. The smallest absolute Gasteiger partial charge is 0.228 e. The summed E-state index contributed by atoms with van der Waals surface area (Å²) in [5.74, 6) is 0.755. The molecule has 2 aromatic rings. The Labute approximate surface area is 134 Å². The summed E-state index contributed by atoms with van der Waals surface area (Å²) < 4.78 is 7.44. The second-order valence-corrected chi connectivity index (χ2v) is 6.13. The van der Waals surface area contributed by atoms with Crippen molar-refractivity contribution in [3.63, 3.8) is 0 Å². The number of guanidine groups is 1. The molecule has 0 atom stereocenters. The van der Waals surface area contributed by atoms with E-state index in [0.29, 0.717) is 0 Å². The first-order chi connectivity index (χ1) is 10.7. The predicted molar refractivity (Wildman–Crippen MR) is 89.5 cm³/mol. The van der Waals surface area contributed by atoms with E-state index in [0.717, 1.165) is 42.8 Å². The second-order valence-electron chi connectivity index (χ2n) is 5.26. The van der Waals surface area contributed by atoms with E-state index < -0.39 is 0 Å². The molecule has 0 spiro atoms. The normalized spacial score (nSPS) is 17.1. The van der Waals surface area contributed by atoms with Gasteiger partial charge in [-0.2, -0.15) is 4.99 Å². The predicted octanol–water partition coefficient (Wildman–Crippen LogP) is 2.32. The van der Waals surface area contributed by atoms with Gasteiger partial charge in [0.15, 0.2) is 4.80 Å². The van der Waals surface area contributed by atoms with Gasteiger partial charge in [0.2, 0.25) is 5.96 Å². The van der Waals surface area contributed by atoms with Crippen LogP contribution in [0.5, 0.6) is 0 Å². The second kappa shape index (κ2) is 6.89. The van der Waals surface area contributed by atoms with Crippen LogP contribution in [0.2, 0.25) is 0 Å². The third-order valence-electron chi connectivity index (χ3n) is 3.51. The fourth-order valence-corrected chi connectivity index (χ4v) is 2.91. The van der Waals surface area contributed by atoms with E-state index in [4.69, 9.17) is 14.7 Å². The lowest BCUT2D eigenvalue weighted by molar-refractivity contribution is 0.0675. The molecule has 0 N–H and O–H groups in total. The van der Waals surface area contributed by atoms with E-state index in [1.807, 2.05) is 35.3 Å². The molecular formula is C16H20N4OS. The number of aliphatic imine (C=N–C) groups is 1. The minimum Gasteiger partial charge on any atom is -0.378 e. The number of aromatic nitrogens is 1. The van der Waals surface area contributed by atoms with Gasteiger partial charge in [0.25, 0.3) is 0 Å². The maximum absolute atomic E-state index is 5.43. The van der Waals surface area contributed by atoms with Gasteiger partial charge < -0.3 is 14.2 Å². The van der Waals surface area contributed by atoms with Crippen LogP contribution in [-0.2, 0) is 11.8 Å². The van der Waals surface area contributed by atoms with Crippen LogP contribution >= 0.6 is 11.3 Å². The zero-order valence-electron chi connectivity index (χ0n) is 12.9. The Hall–Kier alpha value is -1.92. The average Bonchev–Trinajstić information content (AvgIpc) is 2.95. The Morgan fingerprint density at radius 2 is 1.91 bits per heavy atom. The van der Waals surface area contributed by atoms with Gasteiger partial charge in [-0.05, 0) is 19.1 Å². The summed E-state index contributed by atoms with van der Waals surface area (Å²) in [5.41, 5.74) is 2.16. The number of ether oxygens (including phenoxy) is 1. The number of hydrogen-bond acceptors (Lipinski definition) is 3. The number of morpholine rings is 1. The topological polar surface area (TPSA) is 42.1 Å². The fourth-order valence-electron chi connectivity index (χ4n) is 2.18. The van der Waals surface area contributed by atoms with Crippen molar-refractivity contribution in [2.24, 2.45) is 17.0 Å². The molecule has 0 amide bonds. The molecule has 0 bridgehead atoms. The van der Waals surface area contributed by atoms with Crippen molar-refractivity contribution in [1.29, 1.82) is 0 Å². The standard InChI is InChI=1S/C16H20N4OS/c1-13-3-5-14(6-4-13)17-15(20-7-10-21-11-8-20)18-16-19(2)9-12-22-16/h3-6,9,12H,7-8,10-11H2,1-2H3. The summed E-state index contributed by atoms with van der Waals surface area (Å²) in [6, 6.07) is 8.20. The van der Waals surface area contributed by atoms with E-state index in [-0.39, 0.29) is 0 Å². The van der Waals surface area contributed by atoms with Crippen molar-refractivity contribution in [3.05, 3.63) is 46.2 Å². The maximum atomic E-state index is 5.43. The van der Waals surface area contributed by atoms with Crippen LogP contribution in [0.1, 0.15) is 5.56 Å². The molecular weight excluding hydrogens is 296 g/mol. The molecule has 5 nitrogen and oxygen atoms in total. The molecule has 0 unspecified atom stereocenters. The van der Waals surface area contributed by atoms with Gasteiger partial charge in [-0.15, -0.1) is 11.3 Å². The Bertz CT molecular complexity index is 708. The van der Waals surface area contributed by atoms with E-state index in [1.165, 1.54) is 5.56 Å². The largest absolute Gasteiger partial charge is 0.378 e. The minimum absolute atomic E-state index is 0.721. The van der Waals surface area contributed by atoms with Crippen LogP contribution in [0, 0.1) is 6.92 Å². The molecule has 22 heavy (non-hydrogen) atoms. The Morgan fingerprint density at radius 3 is 2.55 bits per heavy atom. The van der Waals surface area contributed by atoms with Crippen molar-refractivity contribution in [2.45, 2.75) is 6.92 Å². The van der Waals surface area contributed by atoms with Crippen molar-refractivity contribution in [1.82, 2.24) is 9.47 Å². The molecule has 3 rings (SSSR count). The van der Waals surface area contributed by atoms with Crippen LogP contribution in [0.4, 0.5) is 5.69 Å². The monoisotopic (exact) mass is 316 g/mol. The Balaban J connectivity index is 1.98. The molecule has 0 aliphatic carbocycles. The highest BCUT2D eigenvalue weighted by atomic mass is 32.1. The molecule has 1 aromatic heterocycles. The quantitative estimate of drug-likeness (QED) is 0.598. The summed E-state index contributed by atoms with van der Waals surface area (Å²) in [5, 5.41) is 2.03. The van der Waals surface area contributed by atoms with Gasteiger partial charge in [0.1, 0.15) is 0 Å². The third-order valence-corrected chi connectivity index (χ3v) is 4.36. The summed E-state index contributed by atoms with van der Waals surface area (Å²) in [6.45, 7) is 5.16. The van der Waals surface area contributed by atoms with Crippen LogP contribution in [0.25, 0.3) is 0 Å². The zero-order valence-corrected chi connectivity index (χ0v) is 13.7. The van der Waals surface area contributed by atoms with Crippen molar-refractivity contribution in [3.8, 4) is 0 Å². The molecule has 1 saturated heterocycles. The zero-order chi connectivity index (χ0) is 15.4. The van der Waals surface area contributed by atoms with Gasteiger partial charge in [0, 0.05) is 31.7 Å². The highest BCUT2D eigenvalue weighted by molar-refractivity contribution is 7.07. The van der Waals surface area contributed by atoms with Crippen molar-refractivity contribution >= 4 is 23.0 Å². The van der Waals surface area contributed by atoms with Gasteiger partial charge in [-0.3, -0.25) is 0 Å². The van der Waals surface area contributed by atoms with Gasteiger partial charge in [-0.1, -0.05) is 17.7 Å². The van der Waals surface area contributed by atoms with E-state index in [9.17, 15) is 0 Å². The molecule has 1 fully saturated rings. The molecule has 6 heteroatoms. The van der Waals surface area contributed by atoms with Crippen molar-refractivity contribution < 1.29 is 4.74 Å². The van der Waals surface area contributed by atoms with Gasteiger partial charge in [0.05, 0.1) is 18.9 Å². The Kier molecular flexibility index (Phi) is 4.70. The van der Waals surface area contributed by atoms with Crippen LogP contribution in [-0.4, -0.2) is 41.7 Å². The first-order valence-electron chi connectivity index (χ1n) is 7.35. The SMILES string of the molecule is Cc1ccc(N=C(N=c2sccn2C)N2CCOCC2)cc1. The number of hydrogen-bond donors (Lipinski definition) is 0. The molecule has 0 saturated carbocycles. The molecule has 1 aromatic carbocycles. The van der Waals surface area contributed by atoms with E-state index in [1.54, 1.807) is 11.3 Å². The van der Waals surface area contributed by atoms with Gasteiger partial charge in [-0.25, -0.2) is 4.99 Å². The highest BCUT2D eigenvalue weighted by Crippen LogP contribution is 2.14. The maximum Gasteiger partial charge on any atom is 0.228 e. The number of thiazole rings is 1. The molecule has 1 aliphatic heterocycles. The fraction of sp³-hybridized carbons (Fsp3) is 0.375.